The van der Waals surface area contributed by atoms with E-state index in [1.807, 2.05) is 47.4 Å². The van der Waals surface area contributed by atoms with E-state index in [0.717, 1.165) is 25.1 Å². The average Bonchev–Trinajstić information content (AvgIpc) is 3.34. The van der Waals surface area contributed by atoms with Gasteiger partial charge in [0.15, 0.2) is 0 Å². The monoisotopic (exact) mass is 319 g/mol. The van der Waals surface area contributed by atoms with Gasteiger partial charge in [-0.25, -0.2) is 4.68 Å². The van der Waals surface area contributed by atoms with Crippen LogP contribution >= 0.6 is 0 Å². The summed E-state index contributed by atoms with van der Waals surface area (Å²) in [6.45, 7) is 0.785. The number of carbonyl (C=O) groups excluding carboxylic acids is 1. The first kappa shape index (κ1) is 14.6. The maximum absolute atomic E-state index is 13.0. The number of nitrogens with zero attached hydrogens (tertiary/aromatic N) is 5. The molecule has 0 radical (unpaired) electrons. The van der Waals surface area contributed by atoms with Crippen LogP contribution in [-0.4, -0.2) is 37.6 Å². The molecule has 2 heterocycles. The Morgan fingerprint density at radius 3 is 2.75 bits per heavy atom. The number of rotatable bonds is 3. The van der Waals surface area contributed by atoms with Crippen molar-refractivity contribution in [3.8, 4) is 5.69 Å². The number of tetrazole rings is 1. The van der Waals surface area contributed by atoms with E-state index in [2.05, 4.69) is 27.7 Å². The lowest BCUT2D eigenvalue weighted by molar-refractivity contribution is 0.0735. The Morgan fingerprint density at radius 2 is 1.96 bits per heavy atom. The van der Waals surface area contributed by atoms with Crippen LogP contribution in [0.4, 0.5) is 0 Å². The maximum Gasteiger partial charge on any atom is 0.254 e. The molecule has 6 nitrogen and oxygen atoms in total. The lowest BCUT2D eigenvalue weighted by Gasteiger charge is -2.25. The summed E-state index contributed by atoms with van der Waals surface area (Å²) < 4.78 is 1.55. The highest BCUT2D eigenvalue weighted by Crippen LogP contribution is 2.33. The van der Waals surface area contributed by atoms with Crippen LogP contribution in [-0.2, 0) is 0 Å². The van der Waals surface area contributed by atoms with Crippen LogP contribution in [0.15, 0.2) is 60.9 Å². The van der Waals surface area contributed by atoms with Crippen molar-refractivity contribution < 1.29 is 4.79 Å². The molecular formula is C18H17N5O. The topological polar surface area (TPSA) is 63.9 Å². The smallest absolute Gasteiger partial charge is 0.254 e. The summed E-state index contributed by atoms with van der Waals surface area (Å²) in [4.78, 5) is 15.0. The summed E-state index contributed by atoms with van der Waals surface area (Å²) >= 11 is 0. The molecule has 1 aliphatic heterocycles. The quantitative estimate of drug-likeness (QED) is 0.744. The molecule has 0 bridgehead atoms. The second kappa shape index (κ2) is 6.23. The Labute approximate surface area is 139 Å². The van der Waals surface area contributed by atoms with Crippen LogP contribution in [0.5, 0.6) is 0 Å². The Hall–Kier alpha value is -3.02. The highest BCUT2D eigenvalue weighted by molar-refractivity contribution is 5.95. The second-order valence-corrected chi connectivity index (χ2v) is 5.87. The lowest BCUT2D eigenvalue weighted by atomic mass is 10.0. The summed E-state index contributed by atoms with van der Waals surface area (Å²) in [5.74, 6) is 0.0521. The van der Waals surface area contributed by atoms with Gasteiger partial charge in [-0.15, -0.1) is 5.10 Å². The molecule has 6 heteroatoms. The number of benzene rings is 2. The van der Waals surface area contributed by atoms with Gasteiger partial charge in [-0.1, -0.05) is 36.4 Å². The third kappa shape index (κ3) is 2.67. The molecule has 24 heavy (non-hydrogen) atoms. The van der Waals surface area contributed by atoms with Crippen molar-refractivity contribution in [3.05, 3.63) is 72.1 Å². The Kier molecular flexibility index (Phi) is 3.78. The van der Waals surface area contributed by atoms with Gasteiger partial charge in [-0.05, 0) is 47.0 Å². The van der Waals surface area contributed by atoms with Crippen LogP contribution in [0.25, 0.3) is 5.69 Å². The molecule has 0 spiro atoms. The predicted molar refractivity (Wildman–Crippen MR) is 88.6 cm³/mol. The number of hydrogen-bond acceptors (Lipinski definition) is 4. The third-order valence-corrected chi connectivity index (χ3v) is 4.40. The second-order valence-electron chi connectivity index (χ2n) is 5.87. The van der Waals surface area contributed by atoms with Gasteiger partial charge in [-0.3, -0.25) is 4.79 Å². The number of aromatic nitrogens is 4. The molecule has 2 aromatic carbocycles. The van der Waals surface area contributed by atoms with E-state index in [-0.39, 0.29) is 11.9 Å². The zero-order valence-electron chi connectivity index (χ0n) is 13.1. The minimum atomic E-state index is 0.0521. The predicted octanol–water partition coefficient (Wildman–Crippen LogP) is 2.64. The molecule has 1 aromatic heterocycles. The van der Waals surface area contributed by atoms with Gasteiger partial charge in [-0.2, -0.15) is 0 Å². The Bertz CT molecular complexity index is 832. The number of amides is 1. The molecule has 1 atom stereocenters. The minimum absolute atomic E-state index is 0.0521. The normalized spacial score (nSPS) is 17.2. The van der Waals surface area contributed by atoms with Gasteiger partial charge in [0, 0.05) is 12.1 Å². The van der Waals surface area contributed by atoms with Gasteiger partial charge in [0.1, 0.15) is 6.33 Å². The maximum atomic E-state index is 13.0. The first-order valence-corrected chi connectivity index (χ1v) is 8.02. The lowest BCUT2D eigenvalue weighted by Crippen LogP contribution is -2.30. The van der Waals surface area contributed by atoms with Gasteiger partial charge in [0.25, 0.3) is 5.91 Å². The molecule has 4 rings (SSSR count). The molecule has 0 saturated carbocycles. The van der Waals surface area contributed by atoms with Gasteiger partial charge in [0.2, 0.25) is 0 Å². The molecule has 1 amide bonds. The highest BCUT2D eigenvalue weighted by atomic mass is 16.2. The van der Waals surface area contributed by atoms with Crippen molar-refractivity contribution in [1.82, 2.24) is 25.1 Å². The van der Waals surface area contributed by atoms with Crippen molar-refractivity contribution in [2.24, 2.45) is 0 Å². The van der Waals surface area contributed by atoms with Crippen molar-refractivity contribution in [2.75, 3.05) is 6.54 Å². The molecule has 1 aliphatic rings. The zero-order valence-corrected chi connectivity index (χ0v) is 13.1. The fourth-order valence-corrected chi connectivity index (χ4v) is 3.26. The zero-order chi connectivity index (χ0) is 16.4. The first-order chi connectivity index (χ1) is 11.8. The van der Waals surface area contributed by atoms with Crippen molar-refractivity contribution in [3.63, 3.8) is 0 Å². The van der Waals surface area contributed by atoms with Gasteiger partial charge < -0.3 is 4.90 Å². The van der Waals surface area contributed by atoms with E-state index in [1.165, 1.54) is 11.9 Å². The molecule has 1 saturated heterocycles. The SMILES string of the molecule is O=C(c1cccc(-n2cnnn2)c1)N1CCCC1c1ccccc1. The van der Waals surface area contributed by atoms with Crippen LogP contribution in [0.2, 0.25) is 0 Å². The van der Waals surface area contributed by atoms with Gasteiger partial charge >= 0.3 is 0 Å². The molecule has 1 unspecified atom stereocenters. The number of hydrogen-bond donors (Lipinski definition) is 0. The summed E-state index contributed by atoms with van der Waals surface area (Å²) in [5.41, 5.74) is 2.63. The molecule has 3 aromatic rings. The standard InChI is InChI=1S/C18H17N5O/c24-18(15-8-4-9-16(12-15)23-13-19-20-21-23)22-11-5-10-17(22)14-6-2-1-3-7-14/h1-4,6-9,12-13,17H,5,10-11H2. The van der Waals surface area contributed by atoms with E-state index in [1.54, 1.807) is 4.68 Å². The molecule has 1 fully saturated rings. The molecule has 120 valence electrons. The number of carbonyl (C=O) groups is 1. The fourth-order valence-electron chi connectivity index (χ4n) is 3.26. The van der Waals surface area contributed by atoms with Crippen LogP contribution in [0, 0.1) is 0 Å². The summed E-state index contributed by atoms with van der Waals surface area (Å²) in [6, 6.07) is 17.8. The van der Waals surface area contributed by atoms with Crippen molar-refractivity contribution >= 4 is 5.91 Å². The first-order valence-electron chi connectivity index (χ1n) is 8.02. The number of likely N-dealkylation sites (tertiary alicyclic amines) is 1. The Balaban J connectivity index is 1.62. The largest absolute Gasteiger partial charge is 0.332 e. The highest BCUT2D eigenvalue weighted by Gasteiger charge is 2.30. The minimum Gasteiger partial charge on any atom is -0.332 e. The Morgan fingerprint density at radius 1 is 1.08 bits per heavy atom. The van der Waals surface area contributed by atoms with E-state index in [9.17, 15) is 4.79 Å². The summed E-state index contributed by atoms with van der Waals surface area (Å²) in [7, 11) is 0. The van der Waals surface area contributed by atoms with Crippen molar-refractivity contribution in [1.29, 1.82) is 0 Å². The van der Waals surface area contributed by atoms with E-state index >= 15 is 0 Å². The van der Waals surface area contributed by atoms with Crippen LogP contribution in [0.3, 0.4) is 0 Å². The van der Waals surface area contributed by atoms with Crippen molar-refractivity contribution in [2.45, 2.75) is 18.9 Å². The summed E-state index contributed by atoms with van der Waals surface area (Å²) in [6.07, 6.45) is 3.55. The molecular weight excluding hydrogens is 302 g/mol. The third-order valence-electron chi connectivity index (χ3n) is 4.40. The molecule has 0 aliphatic carbocycles. The molecule has 0 N–H and O–H groups in total. The fraction of sp³-hybridized carbons (Fsp3) is 0.222. The summed E-state index contributed by atoms with van der Waals surface area (Å²) in [5, 5.41) is 11.2. The van der Waals surface area contributed by atoms with E-state index in [4.69, 9.17) is 0 Å². The van der Waals surface area contributed by atoms with Crippen LogP contribution in [0.1, 0.15) is 34.8 Å². The van der Waals surface area contributed by atoms with E-state index < -0.39 is 0 Å². The van der Waals surface area contributed by atoms with E-state index in [0.29, 0.717) is 5.56 Å². The van der Waals surface area contributed by atoms with Crippen LogP contribution < -0.4 is 0 Å². The van der Waals surface area contributed by atoms with Gasteiger partial charge in [0.05, 0.1) is 11.7 Å². The average molecular weight is 319 g/mol.